The van der Waals surface area contributed by atoms with E-state index in [2.05, 4.69) is 37.1 Å². The molecule has 0 radical (unpaired) electrons. The van der Waals surface area contributed by atoms with Crippen LogP contribution in [0.3, 0.4) is 0 Å². The molecule has 2 aromatic rings. The van der Waals surface area contributed by atoms with Gasteiger partial charge in [0.1, 0.15) is 0 Å². The number of hydrogen-bond acceptors (Lipinski definition) is 2. The second kappa shape index (κ2) is 5.84. The predicted molar refractivity (Wildman–Crippen MR) is 91.1 cm³/mol. The van der Waals surface area contributed by atoms with Gasteiger partial charge in [-0.15, -0.1) is 0 Å². The fraction of sp³-hybridized carbons (Fsp3) is 0.500. The highest BCUT2D eigenvalue weighted by Gasteiger charge is 2.26. The number of hydrogen-bond donors (Lipinski definition) is 1. The number of nitrogens with zero attached hydrogens (tertiary/aromatic N) is 1. The number of benzene rings is 1. The van der Waals surface area contributed by atoms with Crippen LogP contribution in [0.5, 0.6) is 0 Å². The molecule has 3 heteroatoms. The van der Waals surface area contributed by atoms with Crippen LogP contribution >= 0.6 is 11.6 Å². The Hall–Kier alpha value is -1.28. The van der Waals surface area contributed by atoms with Crippen molar-refractivity contribution in [3.8, 4) is 0 Å². The van der Waals surface area contributed by atoms with Crippen LogP contribution in [-0.2, 0) is 0 Å². The van der Waals surface area contributed by atoms with Crippen molar-refractivity contribution in [1.29, 1.82) is 0 Å². The fourth-order valence-electron chi connectivity index (χ4n) is 3.45. The SMILES string of the molecule is Cc1cc(Cl)c(NC2CC(C)CCC2C)c2cccnc12. The summed E-state index contributed by atoms with van der Waals surface area (Å²) in [7, 11) is 0. The van der Waals surface area contributed by atoms with Gasteiger partial charge in [0.15, 0.2) is 0 Å². The lowest BCUT2D eigenvalue weighted by atomic mass is 9.80. The first-order chi connectivity index (χ1) is 10.1. The Morgan fingerprint density at radius 2 is 2.10 bits per heavy atom. The molecule has 1 saturated carbocycles. The van der Waals surface area contributed by atoms with Gasteiger partial charge in [0.05, 0.1) is 16.2 Å². The zero-order valence-corrected chi connectivity index (χ0v) is 13.7. The van der Waals surface area contributed by atoms with E-state index in [1.165, 1.54) is 19.3 Å². The van der Waals surface area contributed by atoms with Crippen LogP contribution in [0, 0.1) is 18.8 Å². The Balaban J connectivity index is 2.00. The molecule has 1 aromatic heterocycles. The van der Waals surface area contributed by atoms with E-state index in [1.807, 2.05) is 18.3 Å². The maximum Gasteiger partial charge on any atom is 0.0752 e. The lowest BCUT2D eigenvalue weighted by Crippen LogP contribution is -2.33. The summed E-state index contributed by atoms with van der Waals surface area (Å²) in [6, 6.07) is 6.62. The Kier molecular flexibility index (Phi) is 4.08. The summed E-state index contributed by atoms with van der Waals surface area (Å²) < 4.78 is 0. The van der Waals surface area contributed by atoms with Crippen molar-refractivity contribution in [1.82, 2.24) is 4.98 Å². The topological polar surface area (TPSA) is 24.9 Å². The molecule has 0 amide bonds. The summed E-state index contributed by atoms with van der Waals surface area (Å²) in [5.41, 5.74) is 3.23. The molecule has 0 bridgehead atoms. The molecule has 3 rings (SSSR count). The van der Waals surface area contributed by atoms with Gasteiger partial charge in [0, 0.05) is 17.6 Å². The number of rotatable bonds is 2. The standard InChI is InChI=1S/C18H23ClN2/c1-11-6-7-12(2)16(9-11)21-18-14-5-4-8-20-17(14)13(3)10-15(18)19/h4-5,8,10-12,16,21H,6-7,9H2,1-3H3. The van der Waals surface area contributed by atoms with Crippen LogP contribution < -0.4 is 5.32 Å². The van der Waals surface area contributed by atoms with E-state index in [-0.39, 0.29) is 0 Å². The summed E-state index contributed by atoms with van der Waals surface area (Å²) in [4.78, 5) is 4.51. The first-order valence-electron chi connectivity index (χ1n) is 7.86. The van der Waals surface area contributed by atoms with E-state index < -0.39 is 0 Å². The van der Waals surface area contributed by atoms with E-state index in [1.54, 1.807) is 0 Å². The number of nitrogens with one attached hydrogen (secondary N) is 1. The Morgan fingerprint density at radius 3 is 2.90 bits per heavy atom. The highest BCUT2D eigenvalue weighted by atomic mass is 35.5. The van der Waals surface area contributed by atoms with E-state index in [4.69, 9.17) is 11.6 Å². The number of aromatic nitrogens is 1. The third-order valence-electron chi connectivity index (χ3n) is 4.82. The molecule has 2 nitrogen and oxygen atoms in total. The molecular formula is C18H23ClN2. The van der Waals surface area contributed by atoms with E-state index in [0.717, 1.165) is 33.1 Å². The van der Waals surface area contributed by atoms with E-state index in [9.17, 15) is 0 Å². The third kappa shape index (κ3) is 2.87. The largest absolute Gasteiger partial charge is 0.380 e. The molecule has 112 valence electrons. The quantitative estimate of drug-likeness (QED) is 0.799. The zero-order chi connectivity index (χ0) is 15.0. The van der Waals surface area contributed by atoms with Gasteiger partial charge in [-0.05, 0) is 55.4 Å². The van der Waals surface area contributed by atoms with Gasteiger partial charge < -0.3 is 5.32 Å². The number of fused-ring (bicyclic) bond motifs is 1. The van der Waals surface area contributed by atoms with Gasteiger partial charge >= 0.3 is 0 Å². The second-order valence-corrected chi connectivity index (χ2v) is 7.00. The average molecular weight is 303 g/mol. The molecule has 1 aromatic carbocycles. The highest BCUT2D eigenvalue weighted by molar-refractivity contribution is 6.35. The van der Waals surface area contributed by atoms with Crippen molar-refractivity contribution in [2.45, 2.75) is 46.1 Å². The number of aryl methyl sites for hydroxylation is 1. The molecule has 0 saturated heterocycles. The molecule has 1 N–H and O–H groups in total. The van der Waals surface area contributed by atoms with Crippen molar-refractivity contribution in [2.24, 2.45) is 11.8 Å². The lowest BCUT2D eigenvalue weighted by Gasteiger charge is -2.34. The molecule has 1 aliphatic rings. The normalized spacial score (nSPS) is 26.0. The first kappa shape index (κ1) is 14.6. The summed E-state index contributed by atoms with van der Waals surface area (Å²) >= 11 is 6.52. The van der Waals surface area contributed by atoms with Gasteiger partial charge in [-0.25, -0.2) is 0 Å². The number of halogens is 1. The predicted octanol–water partition coefficient (Wildman–Crippen LogP) is 5.43. The van der Waals surface area contributed by atoms with E-state index in [0.29, 0.717) is 12.0 Å². The molecule has 1 aliphatic carbocycles. The van der Waals surface area contributed by atoms with Gasteiger partial charge in [-0.1, -0.05) is 31.9 Å². The monoisotopic (exact) mass is 302 g/mol. The maximum atomic E-state index is 6.52. The van der Waals surface area contributed by atoms with Crippen molar-refractivity contribution >= 4 is 28.2 Å². The molecule has 0 aliphatic heterocycles. The van der Waals surface area contributed by atoms with E-state index >= 15 is 0 Å². The molecule has 0 spiro atoms. The summed E-state index contributed by atoms with van der Waals surface area (Å²) in [6.45, 7) is 6.75. The minimum atomic E-state index is 0.498. The molecule has 1 heterocycles. The molecule has 3 atom stereocenters. The summed E-state index contributed by atoms with van der Waals surface area (Å²) in [5.74, 6) is 1.47. The van der Waals surface area contributed by atoms with Crippen molar-refractivity contribution < 1.29 is 0 Å². The minimum Gasteiger partial charge on any atom is -0.380 e. The van der Waals surface area contributed by atoms with Crippen LogP contribution in [0.15, 0.2) is 24.4 Å². The molecule has 21 heavy (non-hydrogen) atoms. The van der Waals surface area contributed by atoms with Crippen LogP contribution in [-0.4, -0.2) is 11.0 Å². The Labute approximate surface area is 131 Å². The van der Waals surface area contributed by atoms with Gasteiger partial charge in [0.25, 0.3) is 0 Å². The Morgan fingerprint density at radius 1 is 1.29 bits per heavy atom. The number of anilines is 1. The van der Waals surface area contributed by atoms with Crippen molar-refractivity contribution in [3.63, 3.8) is 0 Å². The van der Waals surface area contributed by atoms with Crippen molar-refractivity contribution in [3.05, 3.63) is 35.0 Å². The van der Waals surface area contributed by atoms with Crippen LogP contribution in [0.25, 0.3) is 10.9 Å². The Bertz CT molecular complexity index is 653. The van der Waals surface area contributed by atoms with Crippen LogP contribution in [0.2, 0.25) is 5.02 Å². The summed E-state index contributed by atoms with van der Waals surface area (Å²) in [5, 5.41) is 5.66. The summed E-state index contributed by atoms with van der Waals surface area (Å²) in [6.07, 6.45) is 5.69. The average Bonchev–Trinajstić information content (AvgIpc) is 2.47. The number of pyridine rings is 1. The molecule has 3 unspecified atom stereocenters. The molecular weight excluding hydrogens is 280 g/mol. The highest BCUT2D eigenvalue weighted by Crippen LogP contribution is 2.37. The third-order valence-corrected chi connectivity index (χ3v) is 5.12. The van der Waals surface area contributed by atoms with Gasteiger partial charge in [-0.2, -0.15) is 0 Å². The smallest absolute Gasteiger partial charge is 0.0752 e. The first-order valence-corrected chi connectivity index (χ1v) is 8.24. The second-order valence-electron chi connectivity index (χ2n) is 6.60. The van der Waals surface area contributed by atoms with Crippen LogP contribution in [0.4, 0.5) is 5.69 Å². The van der Waals surface area contributed by atoms with Crippen LogP contribution in [0.1, 0.15) is 38.7 Å². The molecule has 1 fully saturated rings. The minimum absolute atomic E-state index is 0.498. The zero-order valence-electron chi connectivity index (χ0n) is 13.0. The van der Waals surface area contributed by atoms with Gasteiger partial charge in [-0.3, -0.25) is 4.98 Å². The maximum absolute atomic E-state index is 6.52. The lowest BCUT2D eigenvalue weighted by molar-refractivity contribution is 0.281. The van der Waals surface area contributed by atoms with Crippen molar-refractivity contribution in [2.75, 3.05) is 5.32 Å². The fourth-order valence-corrected chi connectivity index (χ4v) is 3.77. The van der Waals surface area contributed by atoms with Gasteiger partial charge in [0.2, 0.25) is 0 Å².